The fourth-order valence-electron chi connectivity index (χ4n) is 1.98. The van der Waals surface area contributed by atoms with Gasteiger partial charge in [0.15, 0.2) is 5.78 Å². The number of nitrogens with zero attached hydrogens (tertiary/aromatic N) is 3. The molecule has 0 saturated carbocycles. The van der Waals surface area contributed by atoms with Crippen molar-refractivity contribution < 1.29 is 4.79 Å². The predicted octanol–water partition coefficient (Wildman–Crippen LogP) is 0.820. The van der Waals surface area contributed by atoms with Crippen LogP contribution in [0.2, 0.25) is 0 Å². The van der Waals surface area contributed by atoms with Crippen LogP contribution < -0.4 is 0 Å². The van der Waals surface area contributed by atoms with E-state index in [2.05, 4.69) is 21.8 Å². The van der Waals surface area contributed by atoms with Crippen molar-refractivity contribution >= 4 is 5.78 Å². The van der Waals surface area contributed by atoms with E-state index in [-0.39, 0.29) is 5.78 Å². The second-order valence-electron chi connectivity index (χ2n) is 4.72. The maximum Gasteiger partial charge on any atom is 0.195 e. The molecule has 0 unspecified atom stereocenters. The van der Waals surface area contributed by atoms with Crippen molar-refractivity contribution in [1.82, 2.24) is 14.8 Å². The highest BCUT2D eigenvalue weighted by molar-refractivity contribution is 5.95. The Labute approximate surface area is 102 Å². The average Bonchev–Trinajstić information content (AvgIpc) is 2.32. The number of pyridine rings is 1. The molecule has 4 heteroatoms. The smallest absolute Gasteiger partial charge is 0.195 e. The van der Waals surface area contributed by atoms with Gasteiger partial charge in [0, 0.05) is 32.4 Å². The van der Waals surface area contributed by atoms with E-state index < -0.39 is 0 Å². The Kier molecular flexibility index (Phi) is 3.86. The van der Waals surface area contributed by atoms with Crippen LogP contribution in [0.1, 0.15) is 16.1 Å². The van der Waals surface area contributed by atoms with Crippen LogP contribution >= 0.6 is 0 Å². The summed E-state index contributed by atoms with van der Waals surface area (Å²) < 4.78 is 0. The number of carbonyl (C=O) groups is 1. The number of Topliss-reactive ketones (excluding diaryl/α,β-unsaturated/α-hetero) is 1. The van der Waals surface area contributed by atoms with Gasteiger partial charge in [-0.25, -0.2) is 0 Å². The molecule has 1 aromatic heterocycles. The molecule has 0 aromatic carbocycles. The molecule has 0 atom stereocenters. The van der Waals surface area contributed by atoms with E-state index in [0.717, 1.165) is 31.7 Å². The SMILES string of the molecule is Cc1ccnc(C(=O)CN2CCN(C)CC2)c1. The molecule has 0 spiro atoms. The summed E-state index contributed by atoms with van der Waals surface area (Å²) in [5.41, 5.74) is 1.67. The Morgan fingerprint density at radius 1 is 1.35 bits per heavy atom. The molecule has 17 heavy (non-hydrogen) atoms. The normalized spacial score (nSPS) is 18.2. The Balaban J connectivity index is 1.93. The Morgan fingerprint density at radius 2 is 2.06 bits per heavy atom. The first kappa shape index (κ1) is 12.2. The highest BCUT2D eigenvalue weighted by Gasteiger charge is 2.17. The molecule has 1 saturated heterocycles. The summed E-state index contributed by atoms with van der Waals surface area (Å²) in [5.74, 6) is 0.123. The largest absolute Gasteiger partial charge is 0.304 e. The van der Waals surface area contributed by atoms with E-state index in [9.17, 15) is 4.79 Å². The molecular formula is C13H19N3O. The van der Waals surface area contributed by atoms with Crippen molar-refractivity contribution in [1.29, 1.82) is 0 Å². The van der Waals surface area contributed by atoms with Crippen molar-refractivity contribution in [3.63, 3.8) is 0 Å². The molecule has 1 fully saturated rings. The molecule has 0 bridgehead atoms. The first-order chi connectivity index (χ1) is 8.15. The summed E-state index contributed by atoms with van der Waals surface area (Å²) >= 11 is 0. The third-order valence-electron chi connectivity index (χ3n) is 3.16. The van der Waals surface area contributed by atoms with Gasteiger partial charge in [0.25, 0.3) is 0 Å². The van der Waals surface area contributed by atoms with Gasteiger partial charge in [-0.05, 0) is 31.7 Å². The Bertz CT molecular complexity index is 397. The lowest BCUT2D eigenvalue weighted by atomic mass is 10.2. The summed E-state index contributed by atoms with van der Waals surface area (Å²) in [6.07, 6.45) is 1.70. The maximum absolute atomic E-state index is 12.0. The summed E-state index contributed by atoms with van der Waals surface area (Å²) in [4.78, 5) is 20.6. The van der Waals surface area contributed by atoms with Crippen LogP contribution in [0.4, 0.5) is 0 Å². The predicted molar refractivity (Wildman–Crippen MR) is 67.2 cm³/mol. The molecule has 0 aliphatic carbocycles. The third kappa shape index (κ3) is 3.35. The van der Waals surface area contributed by atoms with Gasteiger partial charge in [0.1, 0.15) is 5.69 Å². The van der Waals surface area contributed by atoms with E-state index in [1.807, 2.05) is 19.1 Å². The molecule has 4 nitrogen and oxygen atoms in total. The molecule has 1 aromatic rings. The Hall–Kier alpha value is -1.26. The van der Waals surface area contributed by atoms with Crippen LogP contribution in [-0.2, 0) is 0 Å². The standard InChI is InChI=1S/C13H19N3O/c1-11-3-4-14-12(9-11)13(17)10-16-7-5-15(2)6-8-16/h3-4,9H,5-8,10H2,1-2H3. The van der Waals surface area contributed by atoms with Crippen LogP contribution in [0.5, 0.6) is 0 Å². The van der Waals surface area contributed by atoms with E-state index in [0.29, 0.717) is 12.2 Å². The number of hydrogen-bond acceptors (Lipinski definition) is 4. The first-order valence-electron chi connectivity index (χ1n) is 6.02. The number of carbonyl (C=O) groups excluding carboxylic acids is 1. The number of aryl methyl sites for hydroxylation is 1. The summed E-state index contributed by atoms with van der Waals surface area (Å²) in [6.45, 7) is 6.48. The van der Waals surface area contributed by atoms with Gasteiger partial charge in [-0.2, -0.15) is 0 Å². The van der Waals surface area contributed by atoms with Gasteiger partial charge >= 0.3 is 0 Å². The number of likely N-dealkylation sites (N-methyl/N-ethyl adjacent to an activating group) is 1. The van der Waals surface area contributed by atoms with Crippen LogP contribution in [0, 0.1) is 6.92 Å². The van der Waals surface area contributed by atoms with Gasteiger partial charge in [0.2, 0.25) is 0 Å². The van der Waals surface area contributed by atoms with Gasteiger partial charge in [-0.1, -0.05) is 0 Å². The number of piperazine rings is 1. The highest BCUT2D eigenvalue weighted by Crippen LogP contribution is 2.04. The molecule has 0 radical (unpaired) electrons. The lowest BCUT2D eigenvalue weighted by Gasteiger charge is -2.31. The first-order valence-corrected chi connectivity index (χ1v) is 6.02. The quantitative estimate of drug-likeness (QED) is 0.724. The van der Waals surface area contributed by atoms with E-state index in [4.69, 9.17) is 0 Å². The molecule has 2 heterocycles. The minimum atomic E-state index is 0.123. The second kappa shape index (κ2) is 5.38. The fourth-order valence-corrected chi connectivity index (χ4v) is 1.98. The minimum absolute atomic E-state index is 0.123. The Morgan fingerprint density at radius 3 is 2.71 bits per heavy atom. The number of ketones is 1. The van der Waals surface area contributed by atoms with Crippen molar-refractivity contribution in [3.8, 4) is 0 Å². The monoisotopic (exact) mass is 233 g/mol. The van der Waals surface area contributed by atoms with E-state index >= 15 is 0 Å². The van der Waals surface area contributed by atoms with Gasteiger partial charge < -0.3 is 4.90 Å². The van der Waals surface area contributed by atoms with E-state index in [1.165, 1.54) is 0 Å². The number of hydrogen-bond donors (Lipinski definition) is 0. The van der Waals surface area contributed by atoms with Crippen LogP contribution in [-0.4, -0.2) is 60.3 Å². The third-order valence-corrected chi connectivity index (χ3v) is 3.16. The summed E-state index contributed by atoms with van der Waals surface area (Å²) in [7, 11) is 2.11. The van der Waals surface area contributed by atoms with Crippen molar-refractivity contribution in [2.24, 2.45) is 0 Å². The molecule has 1 aliphatic heterocycles. The highest BCUT2D eigenvalue weighted by atomic mass is 16.1. The van der Waals surface area contributed by atoms with Gasteiger partial charge in [-0.3, -0.25) is 14.7 Å². The second-order valence-corrected chi connectivity index (χ2v) is 4.72. The maximum atomic E-state index is 12.0. The zero-order chi connectivity index (χ0) is 12.3. The minimum Gasteiger partial charge on any atom is -0.304 e. The van der Waals surface area contributed by atoms with Gasteiger partial charge in [0.05, 0.1) is 6.54 Å². The van der Waals surface area contributed by atoms with Crippen molar-refractivity contribution in [2.45, 2.75) is 6.92 Å². The summed E-state index contributed by atoms with van der Waals surface area (Å²) in [6, 6.07) is 3.77. The van der Waals surface area contributed by atoms with Crippen LogP contribution in [0.15, 0.2) is 18.3 Å². The van der Waals surface area contributed by atoms with Crippen molar-refractivity contribution in [3.05, 3.63) is 29.6 Å². The lowest BCUT2D eigenvalue weighted by Crippen LogP contribution is -2.46. The summed E-state index contributed by atoms with van der Waals surface area (Å²) in [5, 5.41) is 0. The topological polar surface area (TPSA) is 36.4 Å². The molecule has 0 N–H and O–H groups in total. The van der Waals surface area contributed by atoms with Crippen LogP contribution in [0.25, 0.3) is 0 Å². The van der Waals surface area contributed by atoms with E-state index in [1.54, 1.807) is 6.20 Å². The van der Waals surface area contributed by atoms with Crippen molar-refractivity contribution in [2.75, 3.05) is 39.8 Å². The fraction of sp³-hybridized carbons (Fsp3) is 0.538. The molecule has 1 aliphatic rings. The molecule has 2 rings (SSSR count). The zero-order valence-electron chi connectivity index (χ0n) is 10.5. The zero-order valence-corrected chi connectivity index (χ0v) is 10.5. The lowest BCUT2D eigenvalue weighted by molar-refractivity contribution is 0.0871. The molecular weight excluding hydrogens is 214 g/mol. The average molecular weight is 233 g/mol. The number of rotatable bonds is 3. The molecule has 0 amide bonds. The molecule has 92 valence electrons. The number of aromatic nitrogens is 1. The van der Waals surface area contributed by atoms with Gasteiger partial charge in [-0.15, -0.1) is 0 Å². The van der Waals surface area contributed by atoms with Crippen LogP contribution in [0.3, 0.4) is 0 Å².